The van der Waals surface area contributed by atoms with Crippen LogP contribution in [-0.4, -0.2) is 30.4 Å². The van der Waals surface area contributed by atoms with Gasteiger partial charge in [-0.2, -0.15) is 0 Å². The van der Waals surface area contributed by atoms with E-state index in [0.717, 1.165) is 31.5 Å². The van der Waals surface area contributed by atoms with Gasteiger partial charge in [0.1, 0.15) is 0 Å². The van der Waals surface area contributed by atoms with Crippen molar-refractivity contribution in [3.05, 3.63) is 34.3 Å². The maximum atomic E-state index is 12.4. The molecule has 0 aromatic heterocycles. The summed E-state index contributed by atoms with van der Waals surface area (Å²) in [6.07, 6.45) is 2.15. The lowest BCUT2D eigenvalue weighted by Gasteiger charge is -2.32. The van der Waals surface area contributed by atoms with Gasteiger partial charge in [-0.1, -0.05) is 11.6 Å². The summed E-state index contributed by atoms with van der Waals surface area (Å²) in [5, 5.41) is 0.616. The van der Waals surface area contributed by atoms with Gasteiger partial charge in [-0.05, 0) is 56.0 Å². The number of aryl methyl sites for hydroxylation is 1. The molecule has 1 heterocycles. The Morgan fingerprint density at radius 2 is 2.21 bits per heavy atom. The molecule has 1 atom stereocenters. The van der Waals surface area contributed by atoms with Gasteiger partial charge in [0.25, 0.3) is 5.91 Å². The molecule has 0 aliphatic carbocycles. The lowest BCUT2D eigenvalue weighted by Crippen LogP contribution is -2.42. The standard InChI is InChI=1S/C14H19ClN2O.ClH/c1-10-5-12(7-13(15)6-10)14(18)17-4-2-3-11(8-16)9-17;/h5-7,11H,2-4,8-9,16H2,1H3;1H. The molecule has 2 rings (SSSR count). The molecule has 2 N–H and O–H groups in total. The molecule has 19 heavy (non-hydrogen) atoms. The molecule has 0 radical (unpaired) electrons. The minimum absolute atomic E-state index is 0. The van der Waals surface area contributed by atoms with E-state index in [9.17, 15) is 4.79 Å². The number of amides is 1. The van der Waals surface area contributed by atoms with E-state index in [-0.39, 0.29) is 18.3 Å². The minimum atomic E-state index is 0. The number of likely N-dealkylation sites (tertiary alicyclic amines) is 1. The van der Waals surface area contributed by atoms with Crippen LogP contribution in [0.15, 0.2) is 18.2 Å². The fraction of sp³-hybridized carbons (Fsp3) is 0.500. The number of carbonyl (C=O) groups is 1. The molecule has 0 bridgehead atoms. The Hall–Kier alpha value is -0.770. The van der Waals surface area contributed by atoms with Crippen molar-refractivity contribution in [1.82, 2.24) is 4.90 Å². The zero-order chi connectivity index (χ0) is 13.1. The third-order valence-electron chi connectivity index (χ3n) is 3.43. The van der Waals surface area contributed by atoms with Crippen LogP contribution >= 0.6 is 24.0 Å². The Bertz CT molecular complexity index is 431. The Morgan fingerprint density at radius 3 is 2.84 bits per heavy atom. The van der Waals surface area contributed by atoms with Gasteiger partial charge in [0.05, 0.1) is 0 Å². The van der Waals surface area contributed by atoms with Gasteiger partial charge in [0, 0.05) is 23.7 Å². The summed E-state index contributed by atoms with van der Waals surface area (Å²) in [7, 11) is 0. The fourth-order valence-corrected chi connectivity index (χ4v) is 2.77. The van der Waals surface area contributed by atoms with Crippen molar-refractivity contribution >= 4 is 29.9 Å². The molecule has 1 saturated heterocycles. The van der Waals surface area contributed by atoms with Gasteiger partial charge < -0.3 is 10.6 Å². The molecule has 1 aromatic rings. The molecule has 1 aromatic carbocycles. The summed E-state index contributed by atoms with van der Waals surface area (Å²) >= 11 is 6.00. The second-order valence-electron chi connectivity index (χ2n) is 5.01. The minimum Gasteiger partial charge on any atom is -0.338 e. The van der Waals surface area contributed by atoms with Crippen molar-refractivity contribution in [1.29, 1.82) is 0 Å². The van der Waals surface area contributed by atoms with Gasteiger partial charge in [-0.15, -0.1) is 12.4 Å². The van der Waals surface area contributed by atoms with Gasteiger partial charge in [-0.3, -0.25) is 4.79 Å². The Morgan fingerprint density at radius 1 is 1.47 bits per heavy atom. The topological polar surface area (TPSA) is 46.3 Å². The molecule has 1 aliphatic rings. The summed E-state index contributed by atoms with van der Waals surface area (Å²) in [4.78, 5) is 14.3. The highest BCUT2D eigenvalue weighted by molar-refractivity contribution is 6.31. The molecule has 5 heteroatoms. The SMILES string of the molecule is Cc1cc(Cl)cc(C(=O)N2CCCC(CN)C2)c1.Cl. The number of benzene rings is 1. The highest BCUT2D eigenvalue weighted by atomic mass is 35.5. The van der Waals surface area contributed by atoms with Crippen LogP contribution in [0, 0.1) is 12.8 Å². The Kier molecular flexibility index (Phi) is 6.11. The zero-order valence-corrected chi connectivity index (χ0v) is 12.6. The van der Waals surface area contributed by atoms with Crippen LogP contribution in [0.5, 0.6) is 0 Å². The molecule has 1 fully saturated rings. The first-order valence-electron chi connectivity index (χ1n) is 6.36. The van der Waals surface area contributed by atoms with E-state index in [0.29, 0.717) is 23.0 Å². The average molecular weight is 303 g/mol. The predicted molar refractivity (Wildman–Crippen MR) is 81.1 cm³/mol. The van der Waals surface area contributed by atoms with Crippen LogP contribution in [0.1, 0.15) is 28.8 Å². The lowest BCUT2D eigenvalue weighted by molar-refractivity contribution is 0.0678. The number of hydrogen-bond acceptors (Lipinski definition) is 2. The van der Waals surface area contributed by atoms with Crippen molar-refractivity contribution in [3.63, 3.8) is 0 Å². The molecular weight excluding hydrogens is 283 g/mol. The number of carbonyl (C=O) groups excluding carboxylic acids is 1. The third kappa shape index (κ3) is 4.10. The fourth-order valence-electron chi connectivity index (χ4n) is 2.48. The van der Waals surface area contributed by atoms with E-state index in [1.807, 2.05) is 24.0 Å². The first-order chi connectivity index (χ1) is 8.60. The first-order valence-corrected chi connectivity index (χ1v) is 6.74. The smallest absolute Gasteiger partial charge is 0.253 e. The maximum absolute atomic E-state index is 12.4. The van der Waals surface area contributed by atoms with E-state index in [1.165, 1.54) is 0 Å². The summed E-state index contributed by atoms with van der Waals surface area (Å²) in [6, 6.07) is 5.49. The Balaban J connectivity index is 0.00000180. The summed E-state index contributed by atoms with van der Waals surface area (Å²) in [5.41, 5.74) is 7.38. The summed E-state index contributed by atoms with van der Waals surface area (Å²) < 4.78 is 0. The molecule has 0 saturated carbocycles. The van der Waals surface area contributed by atoms with E-state index in [2.05, 4.69) is 0 Å². The summed E-state index contributed by atoms with van der Waals surface area (Å²) in [6.45, 7) is 4.18. The monoisotopic (exact) mass is 302 g/mol. The number of hydrogen-bond donors (Lipinski definition) is 1. The zero-order valence-electron chi connectivity index (χ0n) is 11.1. The largest absolute Gasteiger partial charge is 0.338 e. The van der Waals surface area contributed by atoms with Crippen molar-refractivity contribution in [3.8, 4) is 0 Å². The van der Waals surface area contributed by atoms with Crippen LogP contribution < -0.4 is 5.73 Å². The molecule has 1 amide bonds. The first kappa shape index (κ1) is 16.3. The van der Waals surface area contributed by atoms with Crippen LogP contribution in [-0.2, 0) is 0 Å². The molecular formula is C14H20Cl2N2O. The van der Waals surface area contributed by atoms with E-state index in [1.54, 1.807) is 6.07 Å². The van der Waals surface area contributed by atoms with Crippen LogP contribution in [0.4, 0.5) is 0 Å². The number of nitrogens with zero attached hydrogens (tertiary/aromatic N) is 1. The molecule has 1 unspecified atom stereocenters. The molecule has 3 nitrogen and oxygen atoms in total. The lowest BCUT2D eigenvalue weighted by atomic mass is 9.97. The van der Waals surface area contributed by atoms with E-state index >= 15 is 0 Å². The second kappa shape index (κ2) is 7.13. The molecule has 1 aliphatic heterocycles. The van der Waals surface area contributed by atoms with Crippen LogP contribution in [0.2, 0.25) is 5.02 Å². The van der Waals surface area contributed by atoms with E-state index < -0.39 is 0 Å². The Labute approximate surface area is 125 Å². The highest BCUT2D eigenvalue weighted by Crippen LogP contribution is 2.20. The molecule has 0 spiro atoms. The number of rotatable bonds is 2. The van der Waals surface area contributed by atoms with E-state index in [4.69, 9.17) is 17.3 Å². The average Bonchev–Trinajstić information content (AvgIpc) is 2.37. The van der Waals surface area contributed by atoms with Crippen molar-refractivity contribution < 1.29 is 4.79 Å². The quantitative estimate of drug-likeness (QED) is 0.913. The van der Waals surface area contributed by atoms with Gasteiger partial charge in [0.2, 0.25) is 0 Å². The predicted octanol–water partition coefficient (Wildman–Crippen LogP) is 2.88. The maximum Gasteiger partial charge on any atom is 0.253 e. The normalized spacial score (nSPS) is 18.9. The second-order valence-corrected chi connectivity index (χ2v) is 5.45. The highest BCUT2D eigenvalue weighted by Gasteiger charge is 2.23. The van der Waals surface area contributed by atoms with Crippen molar-refractivity contribution in [2.75, 3.05) is 19.6 Å². The summed E-state index contributed by atoms with van der Waals surface area (Å²) in [5.74, 6) is 0.502. The molecule has 106 valence electrons. The van der Waals surface area contributed by atoms with Crippen molar-refractivity contribution in [2.24, 2.45) is 11.7 Å². The van der Waals surface area contributed by atoms with Crippen LogP contribution in [0.3, 0.4) is 0 Å². The number of nitrogens with two attached hydrogens (primary N) is 1. The van der Waals surface area contributed by atoms with Crippen molar-refractivity contribution in [2.45, 2.75) is 19.8 Å². The van der Waals surface area contributed by atoms with Gasteiger partial charge >= 0.3 is 0 Å². The van der Waals surface area contributed by atoms with Crippen LogP contribution in [0.25, 0.3) is 0 Å². The third-order valence-corrected chi connectivity index (χ3v) is 3.65. The van der Waals surface area contributed by atoms with Gasteiger partial charge in [0.15, 0.2) is 0 Å². The van der Waals surface area contributed by atoms with Gasteiger partial charge in [-0.25, -0.2) is 0 Å². The number of halogens is 2. The number of piperidine rings is 1.